The number of piperidine rings is 1. The van der Waals surface area contributed by atoms with Crippen molar-refractivity contribution in [2.24, 2.45) is 5.92 Å². The monoisotopic (exact) mass is 564 g/mol. The predicted octanol–water partition coefficient (Wildman–Crippen LogP) is 5.52. The summed E-state index contributed by atoms with van der Waals surface area (Å²) in [7, 11) is 0. The first-order chi connectivity index (χ1) is 19.6. The summed E-state index contributed by atoms with van der Waals surface area (Å²) in [5.74, 6) is -1.23. The van der Waals surface area contributed by atoms with Crippen molar-refractivity contribution in [3.05, 3.63) is 59.7 Å². The fourth-order valence-corrected chi connectivity index (χ4v) is 6.31. The number of amides is 2. The lowest BCUT2D eigenvalue weighted by atomic mass is 9.85. The van der Waals surface area contributed by atoms with Crippen molar-refractivity contribution in [2.45, 2.75) is 63.5 Å². The Hall–Kier alpha value is -3.59. The summed E-state index contributed by atoms with van der Waals surface area (Å²) in [5, 5.41) is 10.7. The topological polar surface area (TPSA) is 106 Å². The standard InChI is InChI=1S/C32H40N2O7/c1-31(2,3)41-29(37)33-16-8-15-32(21-33,28(35)36)34(19-22-13-17-39-18-14-22)30(38)40-20-27-25-11-6-4-9-23(25)24-10-5-7-12-26(24)27/h4-7,9-12,22,27H,8,13-21H2,1-3H3,(H,35,36). The number of hydrogen-bond donors (Lipinski definition) is 1. The van der Waals surface area contributed by atoms with Crippen LogP contribution in [0.4, 0.5) is 9.59 Å². The molecule has 1 atom stereocenters. The van der Waals surface area contributed by atoms with Crippen LogP contribution in [0.5, 0.6) is 0 Å². The fraction of sp³-hybridized carbons (Fsp3) is 0.531. The lowest BCUT2D eigenvalue weighted by Gasteiger charge is -2.47. The van der Waals surface area contributed by atoms with Gasteiger partial charge in [0.2, 0.25) is 0 Å². The summed E-state index contributed by atoms with van der Waals surface area (Å²) >= 11 is 0. The Morgan fingerprint density at radius 3 is 2.22 bits per heavy atom. The van der Waals surface area contributed by atoms with Gasteiger partial charge in [0, 0.05) is 32.2 Å². The van der Waals surface area contributed by atoms with Gasteiger partial charge in [-0.1, -0.05) is 48.5 Å². The number of likely N-dealkylation sites (tertiary alicyclic amines) is 1. The van der Waals surface area contributed by atoms with Gasteiger partial charge in [0.15, 0.2) is 5.54 Å². The van der Waals surface area contributed by atoms with E-state index in [9.17, 15) is 19.5 Å². The normalized spacial score (nSPS) is 21.1. The molecule has 2 aromatic rings. The molecule has 3 aliphatic rings. The highest BCUT2D eigenvalue weighted by Crippen LogP contribution is 2.44. The summed E-state index contributed by atoms with van der Waals surface area (Å²) < 4.78 is 17.1. The second-order valence-electron chi connectivity index (χ2n) is 12.3. The second-order valence-corrected chi connectivity index (χ2v) is 12.3. The largest absolute Gasteiger partial charge is 0.479 e. The van der Waals surface area contributed by atoms with Crippen molar-refractivity contribution in [2.75, 3.05) is 39.5 Å². The molecule has 2 heterocycles. The van der Waals surface area contributed by atoms with Crippen molar-refractivity contribution in [3.63, 3.8) is 0 Å². The van der Waals surface area contributed by atoms with Gasteiger partial charge >= 0.3 is 18.2 Å². The van der Waals surface area contributed by atoms with Gasteiger partial charge in [0.05, 0.1) is 6.54 Å². The molecular formula is C32H40N2O7. The summed E-state index contributed by atoms with van der Waals surface area (Å²) in [4.78, 5) is 42.8. The molecule has 1 N–H and O–H groups in total. The lowest BCUT2D eigenvalue weighted by Crippen LogP contribution is -2.66. The fourth-order valence-electron chi connectivity index (χ4n) is 6.31. The third kappa shape index (κ3) is 6.05. The molecule has 0 radical (unpaired) electrons. The number of carbonyl (C=O) groups is 3. The van der Waals surface area contributed by atoms with E-state index in [-0.39, 0.29) is 38.0 Å². The quantitative estimate of drug-likeness (QED) is 0.493. The van der Waals surface area contributed by atoms with Crippen molar-refractivity contribution in [3.8, 4) is 11.1 Å². The van der Waals surface area contributed by atoms with Crippen LogP contribution in [0.2, 0.25) is 0 Å². The highest BCUT2D eigenvalue weighted by molar-refractivity contribution is 5.86. The molecular weight excluding hydrogens is 524 g/mol. The summed E-state index contributed by atoms with van der Waals surface area (Å²) in [5.41, 5.74) is 2.04. The average molecular weight is 565 g/mol. The molecule has 0 spiro atoms. The van der Waals surface area contributed by atoms with E-state index in [1.807, 2.05) is 36.4 Å². The van der Waals surface area contributed by atoms with Gasteiger partial charge in [0.1, 0.15) is 12.2 Å². The summed E-state index contributed by atoms with van der Waals surface area (Å²) in [6, 6.07) is 16.2. The summed E-state index contributed by atoms with van der Waals surface area (Å²) in [6.07, 6.45) is 0.826. The van der Waals surface area contributed by atoms with Crippen LogP contribution >= 0.6 is 0 Å². The number of carboxylic acid groups (broad SMARTS) is 1. The highest BCUT2D eigenvalue weighted by Gasteiger charge is 2.52. The Morgan fingerprint density at radius 1 is 1.02 bits per heavy atom. The molecule has 1 aliphatic carbocycles. The predicted molar refractivity (Wildman–Crippen MR) is 153 cm³/mol. The molecule has 2 aliphatic heterocycles. The molecule has 220 valence electrons. The van der Waals surface area contributed by atoms with Crippen LogP contribution in [0, 0.1) is 5.92 Å². The van der Waals surface area contributed by atoms with Crippen LogP contribution in [-0.2, 0) is 19.0 Å². The molecule has 2 fully saturated rings. The van der Waals surface area contributed by atoms with Gasteiger partial charge in [-0.3, -0.25) is 4.90 Å². The minimum atomic E-state index is -1.63. The zero-order valence-corrected chi connectivity index (χ0v) is 24.1. The summed E-state index contributed by atoms with van der Waals surface area (Å²) in [6.45, 7) is 6.94. The minimum Gasteiger partial charge on any atom is -0.479 e. The molecule has 41 heavy (non-hydrogen) atoms. The van der Waals surface area contributed by atoms with Crippen LogP contribution in [-0.4, -0.2) is 83.7 Å². The SMILES string of the molecule is CC(C)(C)OC(=O)N1CCCC(C(=O)O)(N(CC2CCOCC2)C(=O)OCC2c3ccccc3-c3ccccc32)C1. The number of rotatable bonds is 6. The number of carbonyl (C=O) groups excluding carboxylic acids is 2. The maximum atomic E-state index is 14.0. The molecule has 9 nitrogen and oxygen atoms in total. The Labute approximate surface area is 241 Å². The Morgan fingerprint density at radius 2 is 1.63 bits per heavy atom. The Balaban J connectivity index is 1.41. The van der Waals surface area contributed by atoms with E-state index in [0.29, 0.717) is 26.2 Å². The van der Waals surface area contributed by atoms with E-state index in [4.69, 9.17) is 14.2 Å². The number of fused-ring (bicyclic) bond motifs is 3. The van der Waals surface area contributed by atoms with Crippen molar-refractivity contribution in [1.29, 1.82) is 0 Å². The van der Waals surface area contributed by atoms with Gasteiger partial charge in [-0.05, 0) is 74.6 Å². The van der Waals surface area contributed by atoms with E-state index in [1.165, 1.54) is 9.80 Å². The Bertz CT molecular complexity index is 1240. The van der Waals surface area contributed by atoms with E-state index in [1.54, 1.807) is 20.8 Å². The third-order valence-electron chi connectivity index (χ3n) is 8.38. The average Bonchev–Trinajstić information content (AvgIpc) is 3.28. The second kappa shape index (κ2) is 11.7. The van der Waals surface area contributed by atoms with Crippen molar-refractivity contribution < 1.29 is 33.7 Å². The third-order valence-corrected chi connectivity index (χ3v) is 8.38. The van der Waals surface area contributed by atoms with Crippen LogP contribution in [0.15, 0.2) is 48.5 Å². The van der Waals surface area contributed by atoms with Crippen molar-refractivity contribution >= 4 is 18.2 Å². The van der Waals surface area contributed by atoms with Gasteiger partial charge in [-0.2, -0.15) is 0 Å². The first-order valence-electron chi connectivity index (χ1n) is 14.5. The lowest BCUT2D eigenvalue weighted by molar-refractivity contribution is -0.155. The van der Waals surface area contributed by atoms with E-state index >= 15 is 0 Å². The van der Waals surface area contributed by atoms with E-state index in [0.717, 1.165) is 35.1 Å². The number of ether oxygens (including phenoxy) is 3. The number of aliphatic carboxylic acids is 1. The smallest absolute Gasteiger partial charge is 0.410 e. The molecule has 9 heteroatoms. The van der Waals surface area contributed by atoms with Gasteiger partial charge < -0.3 is 24.2 Å². The minimum absolute atomic E-state index is 0.0670. The number of nitrogens with zero attached hydrogens (tertiary/aromatic N) is 2. The molecule has 2 aromatic carbocycles. The number of hydrogen-bond acceptors (Lipinski definition) is 6. The van der Waals surface area contributed by atoms with E-state index < -0.39 is 29.3 Å². The zero-order valence-electron chi connectivity index (χ0n) is 24.1. The van der Waals surface area contributed by atoms with Gasteiger partial charge in [-0.15, -0.1) is 0 Å². The zero-order chi connectivity index (χ0) is 29.2. The molecule has 1 unspecified atom stereocenters. The molecule has 0 aromatic heterocycles. The maximum Gasteiger partial charge on any atom is 0.410 e. The van der Waals surface area contributed by atoms with Crippen LogP contribution in [0.1, 0.15) is 63.5 Å². The Kier molecular flexibility index (Phi) is 8.27. The number of carboxylic acids is 1. The molecule has 5 rings (SSSR count). The molecule has 0 saturated carbocycles. The van der Waals surface area contributed by atoms with Crippen LogP contribution in [0.3, 0.4) is 0 Å². The first kappa shape index (κ1) is 28.9. The molecule has 2 saturated heterocycles. The van der Waals surface area contributed by atoms with E-state index in [2.05, 4.69) is 12.1 Å². The van der Waals surface area contributed by atoms with Gasteiger partial charge in [0.25, 0.3) is 0 Å². The first-order valence-corrected chi connectivity index (χ1v) is 14.5. The number of benzene rings is 2. The van der Waals surface area contributed by atoms with Crippen LogP contribution in [0.25, 0.3) is 11.1 Å². The highest BCUT2D eigenvalue weighted by atomic mass is 16.6. The molecule has 2 amide bonds. The van der Waals surface area contributed by atoms with Crippen LogP contribution < -0.4 is 0 Å². The maximum absolute atomic E-state index is 14.0. The van der Waals surface area contributed by atoms with Crippen molar-refractivity contribution in [1.82, 2.24) is 9.80 Å². The van der Waals surface area contributed by atoms with Gasteiger partial charge in [-0.25, -0.2) is 14.4 Å². The molecule has 0 bridgehead atoms.